The molecule has 0 aromatic carbocycles. The molecule has 0 rings (SSSR count). The summed E-state index contributed by atoms with van der Waals surface area (Å²) in [4.78, 5) is 0. The van der Waals surface area contributed by atoms with Crippen LogP contribution in [0.5, 0.6) is 0 Å². The minimum atomic E-state index is 0.694. The first-order valence-electron chi connectivity index (χ1n) is 2.89. The molecule has 0 fully saturated rings. The molecule has 0 aliphatic carbocycles. The smallest absolute Gasteiger partial charge is 0.0192 e. The lowest BCUT2D eigenvalue weighted by atomic mass is 10.4. The van der Waals surface area contributed by atoms with E-state index in [-0.39, 0.29) is 0 Å². The molecule has 0 saturated carbocycles. The first-order valence-corrected chi connectivity index (χ1v) is 5.20. The maximum Gasteiger partial charge on any atom is 0.0192 e. The van der Waals surface area contributed by atoms with Gasteiger partial charge in [-0.1, -0.05) is 13.8 Å². The second-order valence-electron chi connectivity index (χ2n) is 2.48. The van der Waals surface area contributed by atoms with Gasteiger partial charge in [-0.05, 0) is 5.29 Å². The van der Waals surface area contributed by atoms with Crippen LogP contribution in [0.3, 0.4) is 0 Å². The summed E-state index contributed by atoms with van der Waals surface area (Å²) in [7, 11) is 2.63. The van der Waals surface area contributed by atoms with Gasteiger partial charge in [0.1, 0.15) is 0 Å². The molecule has 7 heavy (non-hydrogen) atoms. The van der Waals surface area contributed by atoms with E-state index in [9.17, 15) is 0 Å². The van der Waals surface area contributed by atoms with Crippen molar-refractivity contribution in [3.63, 3.8) is 0 Å². The summed E-state index contributed by atoms with van der Waals surface area (Å²) in [5, 5.41) is 4.33. The van der Waals surface area contributed by atoms with Crippen LogP contribution in [0.2, 0.25) is 0 Å². The Morgan fingerprint density at radius 3 is 1.71 bits per heavy atom. The summed E-state index contributed by atoms with van der Waals surface area (Å²) in [6, 6.07) is 0.694. The lowest BCUT2D eigenvalue weighted by Crippen LogP contribution is -2.35. The fourth-order valence-corrected chi connectivity index (χ4v) is 2.00. The van der Waals surface area contributed by atoms with Crippen LogP contribution < -0.4 is 5.32 Å². The average molecular weight is 133 g/mol. The minimum Gasteiger partial charge on any atom is -0.319 e. The zero-order chi connectivity index (χ0) is 5.86. The Bertz CT molecular complexity index is 39.0. The Kier molecular flexibility index (Phi) is 3.59. The highest BCUT2D eigenvalue weighted by Gasteiger charge is 1.92. The third-order valence-corrected chi connectivity index (χ3v) is 1.33. The lowest BCUT2D eigenvalue weighted by molar-refractivity contribution is 0.628. The molecule has 0 saturated heterocycles. The monoisotopic (exact) mass is 133 g/mol. The van der Waals surface area contributed by atoms with Crippen molar-refractivity contribution < 1.29 is 0 Å². The van der Waals surface area contributed by atoms with E-state index in [0.29, 0.717) is 6.04 Å². The van der Waals surface area contributed by atoms with Gasteiger partial charge < -0.3 is 5.32 Å². The van der Waals surface area contributed by atoms with Gasteiger partial charge in [-0.3, -0.25) is 0 Å². The Balaban J connectivity index is 2.95. The molecule has 0 spiro atoms. The Morgan fingerprint density at radius 1 is 1.29 bits per heavy atom. The van der Waals surface area contributed by atoms with Gasteiger partial charge in [0.2, 0.25) is 0 Å². The van der Waals surface area contributed by atoms with Gasteiger partial charge in [0.25, 0.3) is 0 Å². The van der Waals surface area contributed by atoms with Crippen LogP contribution in [0, 0.1) is 0 Å². The summed E-state index contributed by atoms with van der Waals surface area (Å²) in [6.45, 7) is 4.39. The highest BCUT2D eigenvalue weighted by atomic mass is 28.2. The van der Waals surface area contributed by atoms with Gasteiger partial charge >= 0.3 is 0 Å². The maximum absolute atomic E-state index is 3.43. The first kappa shape index (κ1) is 7.39. The third kappa shape index (κ3) is 6.39. The van der Waals surface area contributed by atoms with E-state index in [1.54, 1.807) is 0 Å². The van der Waals surface area contributed by atoms with Crippen molar-refractivity contribution in [1.82, 2.24) is 5.32 Å². The fraction of sp³-hybridized carbons (Fsp3) is 1.00. The van der Waals surface area contributed by atoms with Crippen molar-refractivity contribution in [3.8, 4) is 0 Å². The second-order valence-corrected chi connectivity index (χ2v) is 8.25. The number of hydrogen-bond acceptors (Lipinski definition) is 1. The molecule has 0 aliphatic heterocycles. The van der Waals surface area contributed by atoms with Crippen LogP contribution in [0.1, 0.15) is 13.8 Å². The second kappa shape index (κ2) is 3.40. The molecule has 0 heterocycles. The molecule has 1 N–H and O–H groups in total. The molecule has 0 aliphatic rings. The summed E-state index contributed by atoms with van der Waals surface area (Å²) in [6.07, 6.45) is 0. The van der Waals surface area contributed by atoms with Gasteiger partial charge in [-0.15, -0.1) is 0 Å². The summed E-state index contributed by atoms with van der Waals surface area (Å²) >= 11 is 0. The summed E-state index contributed by atoms with van der Waals surface area (Å²) < 4.78 is 0. The van der Waals surface area contributed by atoms with Crippen molar-refractivity contribution in [2.75, 3.05) is 0 Å². The topological polar surface area (TPSA) is 12.0 Å². The molecular formula is C4H15NSi2. The van der Waals surface area contributed by atoms with E-state index in [1.165, 1.54) is 20.5 Å². The van der Waals surface area contributed by atoms with Crippen LogP contribution in [-0.4, -0.2) is 31.8 Å². The maximum atomic E-state index is 3.43. The molecule has 0 atom stereocenters. The molecule has 0 unspecified atom stereocenters. The zero-order valence-electron chi connectivity index (χ0n) is 5.65. The van der Waals surface area contributed by atoms with Crippen LogP contribution in [-0.2, 0) is 0 Å². The van der Waals surface area contributed by atoms with Crippen molar-refractivity contribution in [2.24, 2.45) is 0 Å². The molecular weight excluding hydrogens is 118 g/mol. The number of nitrogens with one attached hydrogen (secondary N) is 1. The fourth-order valence-electron chi connectivity index (χ4n) is 0.667. The SMILES string of the molecule is CC(C)NC([SiH3])[SiH3]. The Morgan fingerprint density at radius 2 is 1.71 bits per heavy atom. The van der Waals surface area contributed by atoms with E-state index < -0.39 is 0 Å². The molecule has 0 aromatic rings. The van der Waals surface area contributed by atoms with Gasteiger partial charge in [-0.2, -0.15) is 0 Å². The van der Waals surface area contributed by atoms with Crippen molar-refractivity contribution >= 4 is 20.5 Å². The van der Waals surface area contributed by atoms with Crippen molar-refractivity contribution in [1.29, 1.82) is 0 Å². The van der Waals surface area contributed by atoms with Crippen LogP contribution >= 0.6 is 0 Å². The minimum absolute atomic E-state index is 0.694. The van der Waals surface area contributed by atoms with Crippen molar-refractivity contribution in [2.45, 2.75) is 25.2 Å². The number of rotatable bonds is 2. The average Bonchev–Trinajstić information content (AvgIpc) is 1.27. The highest BCUT2D eigenvalue weighted by Crippen LogP contribution is 1.74. The largest absolute Gasteiger partial charge is 0.319 e. The summed E-state index contributed by atoms with van der Waals surface area (Å²) in [5.74, 6) is 0. The molecule has 0 bridgehead atoms. The quantitative estimate of drug-likeness (QED) is 0.430. The molecule has 44 valence electrons. The van der Waals surface area contributed by atoms with Gasteiger partial charge in [0, 0.05) is 26.5 Å². The van der Waals surface area contributed by atoms with Crippen molar-refractivity contribution in [3.05, 3.63) is 0 Å². The lowest BCUT2D eigenvalue weighted by Gasteiger charge is -2.10. The van der Waals surface area contributed by atoms with E-state index in [1.807, 2.05) is 0 Å². The Hall–Kier alpha value is 0.394. The molecule has 0 aromatic heterocycles. The molecule has 3 heteroatoms. The van der Waals surface area contributed by atoms with Gasteiger partial charge in [0.05, 0.1) is 0 Å². The molecule has 0 radical (unpaired) electrons. The van der Waals surface area contributed by atoms with Crippen LogP contribution in [0.25, 0.3) is 0 Å². The zero-order valence-corrected chi connectivity index (χ0v) is 9.65. The van der Waals surface area contributed by atoms with Crippen LogP contribution in [0.4, 0.5) is 0 Å². The predicted octanol–water partition coefficient (Wildman–Crippen LogP) is -2.00. The van der Waals surface area contributed by atoms with Crippen LogP contribution in [0.15, 0.2) is 0 Å². The van der Waals surface area contributed by atoms with Gasteiger partial charge in [-0.25, -0.2) is 0 Å². The molecule has 1 nitrogen and oxygen atoms in total. The number of hydrogen-bond donors (Lipinski definition) is 1. The predicted molar refractivity (Wildman–Crippen MR) is 41.9 cm³/mol. The van der Waals surface area contributed by atoms with E-state index >= 15 is 0 Å². The summed E-state index contributed by atoms with van der Waals surface area (Å²) in [5.41, 5.74) is 0. The van der Waals surface area contributed by atoms with E-state index in [4.69, 9.17) is 0 Å². The normalized spacial score (nSPS) is 15.9. The third-order valence-electron chi connectivity index (χ3n) is 0.667. The standard InChI is InChI=1S/C4H15NSi2/c1-3(2)5-4(6)7/h3-5H,1-2,6-7H3. The highest BCUT2D eigenvalue weighted by molar-refractivity contribution is 6.35. The molecule has 0 amide bonds. The van der Waals surface area contributed by atoms with E-state index in [0.717, 1.165) is 5.29 Å². The Labute approximate surface area is 51.7 Å². The first-order chi connectivity index (χ1) is 3.13. The van der Waals surface area contributed by atoms with Gasteiger partial charge in [0.15, 0.2) is 0 Å². The van der Waals surface area contributed by atoms with E-state index in [2.05, 4.69) is 19.2 Å².